The normalized spacial score (nSPS) is 9.50. The topological polar surface area (TPSA) is 12.9 Å². The van der Waals surface area contributed by atoms with E-state index in [0.29, 0.717) is 0 Å². The lowest BCUT2D eigenvalue weighted by atomic mass is 10.1. The van der Waals surface area contributed by atoms with E-state index in [1.165, 1.54) is 0 Å². The summed E-state index contributed by atoms with van der Waals surface area (Å²) in [5.41, 5.74) is 3.07. The Morgan fingerprint density at radius 2 is 2.33 bits per heavy atom. The van der Waals surface area contributed by atoms with Crippen molar-refractivity contribution in [3.8, 4) is 0 Å². The van der Waals surface area contributed by atoms with Crippen LogP contribution in [0.3, 0.4) is 0 Å². The van der Waals surface area contributed by atoms with Crippen LogP contribution in [0, 0.1) is 6.92 Å². The van der Waals surface area contributed by atoms with Gasteiger partial charge in [-0.1, -0.05) is 35.2 Å². The number of nitrogens with zero attached hydrogens (tertiary/aromatic N) is 1. The fraction of sp³-hybridized carbons (Fsp3) is 0.100. The van der Waals surface area contributed by atoms with Gasteiger partial charge in [-0.2, -0.15) is 0 Å². The molecule has 0 spiro atoms. The quantitative estimate of drug-likeness (QED) is 0.750. The Balaban J connectivity index is 3.37. The minimum atomic E-state index is 0.864. The number of pyridine rings is 1. The van der Waals surface area contributed by atoms with Gasteiger partial charge in [0.1, 0.15) is 0 Å². The summed E-state index contributed by atoms with van der Waals surface area (Å²) in [4.78, 5) is 4.16. The monoisotopic (exact) mass is 223 g/mol. The molecule has 1 aromatic rings. The molecular formula is C10H10BrN. The molecule has 0 aliphatic carbocycles. The first-order valence-corrected chi connectivity index (χ1v) is 4.39. The van der Waals surface area contributed by atoms with Crippen LogP contribution in [0.15, 0.2) is 25.4 Å². The van der Waals surface area contributed by atoms with Crippen LogP contribution < -0.4 is 0 Å². The Bertz CT molecular complexity index is 329. The highest BCUT2D eigenvalue weighted by molar-refractivity contribution is 9.15. The molecule has 2 heteroatoms. The van der Waals surface area contributed by atoms with Crippen LogP contribution in [0.5, 0.6) is 0 Å². The predicted molar refractivity (Wildman–Crippen MR) is 57.0 cm³/mol. The smallest absolute Gasteiger partial charge is 0.0451 e. The Kier molecular flexibility index (Phi) is 2.82. The van der Waals surface area contributed by atoms with E-state index in [4.69, 9.17) is 0 Å². The first-order valence-electron chi connectivity index (χ1n) is 3.59. The largest absolute Gasteiger partial charge is 0.261 e. The molecule has 0 aliphatic heterocycles. The van der Waals surface area contributed by atoms with Crippen molar-refractivity contribution in [2.75, 3.05) is 0 Å². The number of hydrogen-bond acceptors (Lipinski definition) is 1. The summed E-state index contributed by atoms with van der Waals surface area (Å²) in [5, 5.41) is 0. The molecule has 0 saturated heterocycles. The summed E-state index contributed by atoms with van der Waals surface area (Å²) in [5.74, 6) is 0. The fourth-order valence-electron chi connectivity index (χ4n) is 1.07. The molecule has 0 radical (unpaired) electrons. The summed E-state index contributed by atoms with van der Waals surface area (Å²) < 4.78 is 0.864. The van der Waals surface area contributed by atoms with Crippen LogP contribution in [0.4, 0.5) is 0 Å². The summed E-state index contributed by atoms with van der Waals surface area (Å²) in [6.07, 6.45) is 3.56. The van der Waals surface area contributed by atoms with Gasteiger partial charge in [-0.05, 0) is 18.6 Å². The van der Waals surface area contributed by atoms with E-state index in [2.05, 4.69) is 34.1 Å². The molecule has 1 nitrogen and oxygen atoms in total. The molecule has 1 aromatic heterocycles. The third-order valence-electron chi connectivity index (χ3n) is 1.69. The van der Waals surface area contributed by atoms with Gasteiger partial charge in [-0.25, -0.2) is 0 Å². The zero-order chi connectivity index (χ0) is 9.14. The SMILES string of the molecule is C=Cc1c(C(=C)Br)ccnc1C. The highest BCUT2D eigenvalue weighted by Gasteiger charge is 2.03. The Morgan fingerprint density at radius 1 is 1.67 bits per heavy atom. The van der Waals surface area contributed by atoms with Gasteiger partial charge in [-0.15, -0.1) is 0 Å². The molecule has 0 amide bonds. The zero-order valence-electron chi connectivity index (χ0n) is 6.97. The molecule has 1 heterocycles. The molecular weight excluding hydrogens is 214 g/mol. The van der Waals surface area contributed by atoms with Crippen molar-refractivity contribution in [2.24, 2.45) is 0 Å². The standard InChI is InChI=1S/C10H10BrN/c1-4-9-8(3)12-6-5-10(9)7(2)11/h4-6H,1-2H2,3H3. The first-order chi connectivity index (χ1) is 5.66. The molecule has 0 fully saturated rings. The van der Waals surface area contributed by atoms with E-state index >= 15 is 0 Å². The molecule has 0 unspecified atom stereocenters. The average Bonchev–Trinajstić information content (AvgIpc) is 2.03. The van der Waals surface area contributed by atoms with Crippen molar-refractivity contribution < 1.29 is 0 Å². The second-order valence-electron chi connectivity index (χ2n) is 2.47. The van der Waals surface area contributed by atoms with Gasteiger partial charge >= 0.3 is 0 Å². The molecule has 0 N–H and O–H groups in total. The molecule has 0 bridgehead atoms. The second kappa shape index (κ2) is 3.68. The molecule has 0 aromatic carbocycles. The Labute approximate surface area is 81.0 Å². The highest BCUT2D eigenvalue weighted by atomic mass is 79.9. The zero-order valence-corrected chi connectivity index (χ0v) is 8.56. The van der Waals surface area contributed by atoms with Gasteiger partial charge in [-0.3, -0.25) is 4.98 Å². The number of halogens is 1. The Hall–Kier alpha value is -0.890. The van der Waals surface area contributed by atoms with Crippen LogP contribution in [0.1, 0.15) is 16.8 Å². The van der Waals surface area contributed by atoms with Crippen LogP contribution in [-0.2, 0) is 0 Å². The fourth-order valence-corrected chi connectivity index (χ4v) is 1.42. The second-order valence-corrected chi connectivity index (χ2v) is 3.42. The average molecular weight is 224 g/mol. The summed E-state index contributed by atoms with van der Waals surface area (Å²) >= 11 is 3.34. The van der Waals surface area contributed by atoms with Gasteiger partial charge in [0.15, 0.2) is 0 Å². The molecule has 0 saturated carbocycles. The highest BCUT2D eigenvalue weighted by Crippen LogP contribution is 2.24. The molecule has 62 valence electrons. The van der Waals surface area contributed by atoms with E-state index < -0.39 is 0 Å². The number of aromatic nitrogens is 1. The van der Waals surface area contributed by atoms with Crippen molar-refractivity contribution >= 4 is 26.5 Å². The summed E-state index contributed by atoms with van der Waals surface area (Å²) in [6, 6.07) is 1.92. The predicted octanol–water partition coefficient (Wildman–Crippen LogP) is 3.40. The molecule has 0 atom stereocenters. The van der Waals surface area contributed by atoms with Crippen LogP contribution in [-0.4, -0.2) is 4.98 Å². The van der Waals surface area contributed by atoms with Crippen molar-refractivity contribution in [3.05, 3.63) is 42.2 Å². The lowest BCUT2D eigenvalue weighted by Crippen LogP contribution is -1.90. The molecule has 0 aliphatic rings. The summed E-state index contributed by atoms with van der Waals surface area (Å²) in [7, 11) is 0. The number of hydrogen-bond donors (Lipinski definition) is 0. The minimum Gasteiger partial charge on any atom is -0.261 e. The van der Waals surface area contributed by atoms with Crippen LogP contribution >= 0.6 is 15.9 Å². The van der Waals surface area contributed by atoms with E-state index in [1.54, 1.807) is 12.3 Å². The number of aryl methyl sites for hydroxylation is 1. The maximum Gasteiger partial charge on any atom is 0.0451 e. The van der Waals surface area contributed by atoms with E-state index in [1.807, 2.05) is 13.0 Å². The van der Waals surface area contributed by atoms with Crippen LogP contribution in [0.2, 0.25) is 0 Å². The van der Waals surface area contributed by atoms with Crippen molar-refractivity contribution in [1.82, 2.24) is 4.98 Å². The first kappa shape index (κ1) is 9.20. The minimum absolute atomic E-state index is 0.864. The van der Waals surface area contributed by atoms with Gasteiger partial charge in [0.2, 0.25) is 0 Å². The van der Waals surface area contributed by atoms with E-state index in [9.17, 15) is 0 Å². The van der Waals surface area contributed by atoms with Crippen molar-refractivity contribution in [2.45, 2.75) is 6.92 Å². The lowest BCUT2D eigenvalue weighted by Gasteiger charge is -2.05. The van der Waals surface area contributed by atoms with E-state index in [0.717, 1.165) is 21.3 Å². The summed E-state index contributed by atoms with van der Waals surface area (Å²) in [6.45, 7) is 9.50. The molecule has 12 heavy (non-hydrogen) atoms. The van der Waals surface area contributed by atoms with Crippen molar-refractivity contribution in [1.29, 1.82) is 0 Å². The maximum absolute atomic E-state index is 4.16. The third-order valence-corrected chi connectivity index (χ3v) is 2.11. The maximum atomic E-state index is 4.16. The van der Waals surface area contributed by atoms with Gasteiger partial charge in [0, 0.05) is 21.9 Å². The van der Waals surface area contributed by atoms with Gasteiger partial charge in [0.05, 0.1) is 0 Å². The Morgan fingerprint density at radius 3 is 2.75 bits per heavy atom. The van der Waals surface area contributed by atoms with Gasteiger partial charge < -0.3 is 0 Å². The lowest BCUT2D eigenvalue weighted by molar-refractivity contribution is 1.18. The van der Waals surface area contributed by atoms with Crippen molar-refractivity contribution in [3.63, 3.8) is 0 Å². The van der Waals surface area contributed by atoms with Gasteiger partial charge in [0.25, 0.3) is 0 Å². The van der Waals surface area contributed by atoms with Crippen LogP contribution in [0.25, 0.3) is 10.6 Å². The molecule has 1 rings (SSSR count). The third kappa shape index (κ3) is 1.64. The van der Waals surface area contributed by atoms with E-state index in [-0.39, 0.29) is 0 Å². The number of rotatable bonds is 2.